The Morgan fingerprint density at radius 3 is 2.02 bits per heavy atom. The van der Waals surface area contributed by atoms with E-state index >= 15 is 0 Å². The number of nitrogens with one attached hydrogen (secondary N) is 2. The maximum absolute atomic E-state index is 13.0. The average molecular weight is 555 g/mol. The maximum atomic E-state index is 13.0. The number of carbonyl (C=O) groups excluding carboxylic acids is 2. The van der Waals surface area contributed by atoms with Crippen LogP contribution in [0.15, 0.2) is 0 Å². The molecule has 2 N–H and O–H groups in total. The third kappa shape index (κ3) is 8.08. The van der Waals surface area contributed by atoms with Gasteiger partial charge in [-0.25, -0.2) is 0 Å². The van der Waals surface area contributed by atoms with Crippen LogP contribution in [0.1, 0.15) is 137 Å². The highest BCUT2D eigenvalue weighted by atomic mass is 16.7. The van der Waals surface area contributed by atoms with E-state index in [1.807, 2.05) is 7.28 Å². The number of carbonyl (C=O) groups is 2. The number of rotatable bonds is 8. The zero-order valence-electron chi connectivity index (χ0n) is 26.3. The summed E-state index contributed by atoms with van der Waals surface area (Å²) in [6, 6.07) is 0. The minimum Gasteiger partial charge on any atom is -0.404 e. The first kappa shape index (κ1) is 31.9. The van der Waals surface area contributed by atoms with Gasteiger partial charge in [-0.2, -0.15) is 0 Å². The summed E-state index contributed by atoms with van der Waals surface area (Å²) < 4.78 is 13.2. The van der Waals surface area contributed by atoms with Gasteiger partial charge in [0.25, 0.3) is 0 Å². The summed E-state index contributed by atoms with van der Waals surface area (Å²) in [5.41, 5.74) is -0.00880. The van der Waals surface area contributed by atoms with Gasteiger partial charge in [0.05, 0.1) is 24.2 Å². The molecule has 1 unspecified atom stereocenters. The summed E-state index contributed by atoms with van der Waals surface area (Å²) in [5, 5.41) is 6.04. The molecule has 0 aromatic rings. The lowest BCUT2D eigenvalue weighted by molar-refractivity contribution is -0.199. The van der Waals surface area contributed by atoms with E-state index in [1.165, 1.54) is 77.0 Å². The van der Waals surface area contributed by atoms with Crippen molar-refractivity contribution >= 4 is 26.1 Å². The molecule has 2 amide bonds. The molecule has 40 heavy (non-hydrogen) atoms. The molecule has 5 fully saturated rings. The predicted molar refractivity (Wildman–Crippen MR) is 164 cm³/mol. The Bertz CT molecular complexity index is 826. The first-order chi connectivity index (χ1) is 19.1. The van der Waals surface area contributed by atoms with Gasteiger partial charge >= 0.3 is 7.12 Å². The number of amides is 2. The molecule has 0 aromatic heterocycles. The molecular formula is C32H57B2N2O4. The highest BCUT2D eigenvalue weighted by molar-refractivity contribution is 6.74. The van der Waals surface area contributed by atoms with Crippen LogP contribution in [0.4, 0.5) is 4.79 Å². The largest absolute Gasteiger partial charge is 0.481 e. The van der Waals surface area contributed by atoms with Gasteiger partial charge in [-0.3, -0.25) is 9.59 Å². The van der Waals surface area contributed by atoms with E-state index in [-0.39, 0.29) is 41.3 Å². The molecule has 4 aliphatic carbocycles. The van der Waals surface area contributed by atoms with Crippen molar-refractivity contribution in [2.24, 2.45) is 23.2 Å². The number of hydrogen-bond acceptors (Lipinski definition) is 4. The summed E-state index contributed by atoms with van der Waals surface area (Å²) in [5.74, 6) is 1.36. The Hall–Kier alpha value is -1.01. The fourth-order valence-corrected chi connectivity index (χ4v) is 8.23. The van der Waals surface area contributed by atoms with Crippen LogP contribution in [0.2, 0.25) is 5.82 Å². The summed E-state index contributed by atoms with van der Waals surface area (Å²) in [6.45, 7) is 11.2. The lowest BCUT2D eigenvalue weighted by atomic mass is 9.43. The molecule has 5 atom stereocenters. The van der Waals surface area contributed by atoms with Crippen molar-refractivity contribution in [1.29, 1.82) is 0 Å². The molecular weight excluding hydrogens is 498 g/mol. The Balaban J connectivity index is 1.24. The van der Waals surface area contributed by atoms with E-state index in [4.69, 9.17) is 9.31 Å². The molecule has 5 rings (SSSR count). The van der Waals surface area contributed by atoms with Crippen molar-refractivity contribution in [3.05, 3.63) is 0 Å². The highest BCUT2D eigenvalue weighted by Crippen LogP contribution is 2.65. The first-order valence-corrected chi connectivity index (χ1v) is 16.8. The standard InChI is InChI=1S/C32H57B2N2O4/c1-23(2)19-28(34-39-27-21-24-20-26(31(24,3)4)32(27,5)40-34)36-29(37)22-35-30(38)33-25-17-15-13-11-9-7-6-8-10-12-14-16-18-25/h23-28H,6-22H2,1-5H3,(H,35,38)(H,36,37)/t24-,26-,27?,28+,32-/m1/s1. The molecule has 2 bridgehead atoms. The van der Waals surface area contributed by atoms with Crippen molar-refractivity contribution in [3.63, 3.8) is 0 Å². The van der Waals surface area contributed by atoms with Gasteiger partial charge in [-0.1, -0.05) is 117 Å². The monoisotopic (exact) mass is 555 g/mol. The summed E-state index contributed by atoms with van der Waals surface area (Å²) in [4.78, 5) is 25.9. The quantitative estimate of drug-likeness (QED) is 0.314. The van der Waals surface area contributed by atoms with Gasteiger partial charge in [-0.05, 0) is 49.4 Å². The normalized spacial score (nSPS) is 32.4. The molecule has 1 saturated heterocycles. The van der Waals surface area contributed by atoms with E-state index in [2.05, 4.69) is 45.3 Å². The molecule has 1 heterocycles. The molecule has 8 heteroatoms. The van der Waals surface area contributed by atoms with Crippen LogP contribution in [-0.2, 0) is 14.1 Å². The molecule has 6 nitrogen and oxygen atoms in total. The van der Waals surface area contributed by atoms with Crippen molar-refractivity contribution in [3.8, 4) is 0 Å². The smallest absolute Gasteiger partial charge is 0.404 e. The third-order valence-electron chi connectivity index (χ3n) is 10.8. The summed E-state index contributed by atoms with van der Waals surface area (Å²) in [6.07, 6.45) is 19.6. The molecule has 0 spiro atoms. The van der Waals surface area contributed by atoms with Crippen LogP contribution < -0.4 is 10.6 Å². The SMILES string of the molecule is CC(C)C[C@H](NC(=O)CNC(=O)[B]C1CCCCCCCCCCCCC1)B1OC2C[C@H]3C[C@H](C3(C)C)[C@@]2(C)O1. The van der Waals surface area contributed by atoms with Gasteiger partial charge < -0.3 is 19.9 Å². The van der Waals surface area contributed by atoms with E-state index in [0.29, 0.717) is 23.6 Å². The molecule has 225 valence electrons. The van der Waals surface area contributed by atoms with Gasteiger partial charge in [0, 0.05) is 0 Å². The minimum absolute atomic E-state index is 0.0121. The molecule has 4 saturated carbocycles. The van der Waals surface area contributed by atoms with Gasteiger partial charge in [0.1, 0.15) is 0 Å². The first-order valence-electron chi connectivity index (χ1n) is 16.8. The van der Waals surface area contributed by atoms with Gasteiger partial charge in [-0.15, -0.1) is 0 Å². The van der Waals surface area contributed by atoms with E-state index in [1.54, 1.807) is 0 Å². The lowest BCUT2D eigenvalue weighted by Crippen LogP contribution is -2.65. The van der Waals surface area contributed by atoms with Crippen LogP contribution >= 0.6 is 0 Å². The third-order valence-corrected chi connectivity index (χ3v) is 10.8. The molecule has 5 aliphatic rings. The van der Waals surface area contributed by atoms with Crippen LogP contribution in [-0.4, -0.2) is 50.3 Å². The van der Waals surface area contributed by atoms with Crippen LogP contribution in [0.3, 0.4) is 0 Å². The maximum Gasteiger partial charge on any atom is 0.481 e. The highest BCUT2D eigenvalue weighted by Gasteiger charge is 2.68. The van der Waals surface area contributed by atoms with Crippen molar-refractivity contribution in [1.82, 2.24) is 10.6 Å². The van der Waals surface area contributed by atoms with E-state index in [9.17, 15) is 9.59 Å². The van der Waals surface area contributed by atoms with Crippen LogP contribution in [0, 0.1) is 23.2 Å². The zero-order chi connectivity index (χ0) is 28.8. The van der Waals surface area contributed by atoms with Gasteiger partial charge in [0.15, 0.2) is 5.81 Å². The fourth-order valence-electron chi connectivity index (χ4n) is 8.23. The van der Waals surface area contributed by atoms with Crippen LogP contribution in [0.25, 0.3) is 0 Å². The predicted octanol–water partition coefficient (Wildman–Crippen LogP) is 7.07. The molecule has 1 aliphatic heterocycles. The molecule has 0 aromatic carbocycles. The summed E-state index contributed by atoms with van der Waals surface area (Å²) >= 11 is 0. The zero-order valence-corrected chi connectivity index (χ0v) is 26.3. The van der Waals surface area contributed by atoms with Crippen molar-refractivity contribution in [2.45, 2.75) is 161 Å². The number of hydrogen-bond donors (Lipinski definition) is 2. The Labute approximate surface area is 246 Å². The lowest BCUT2D eigenvalue weighted by Gasteiger charge is -2.64. The minimum atomic E-state index is -0.441. The van der Waals surface area contributed by atoms with Crippen molar-refractivity contribution < 1.29 is 18.9 Å². The second kappa shape index (κ2) is 14.4. The van der Waals surface area contributed by atoms with Crippen LogP contribution in [0.5, 0.6) is 0 Å². The van der Waals surface area contributed by atoms with Gasteiger partial charge in [0.2, 0.25) is 13.2 Å². The molecule has 1 radical (unpaired) electrons. The summed E-state index contributed by atoms with van der Waals surface area (Å²) in [7, 11) is 1.41. The Kier molecular flexibility index (Phi) is 11.5. The van der Waals surface area contributed by atoms with E-state index in [0.717, 1.165) is 25.7 Å². The topological polar surface area (TPSA) is 76.7 Å². The fraction of sp³-hybridized carbons (Fsp3) is 0.938. The Morgan fingerprint density at radius 2 is 1.48 bits per heavy atom. The second-order valence-corrected chi connectivity index (χ2v) is 14.8. The van der Waals surface area contributed by atoms with E-state index < -0.39 is 7.12 Å². The average Bonchev–Trinajstić information content (AvgIpc) is 3.26. The van der Waals surface area contributed by atoms with Crippen molar-refractivity contribution in [2.75, 3.05) is 6.54 Å². The second-order valence-electron chi connectivity index (χ2n) is 14.8. The Morgan fingerprint density at radius 1 is 0.900 bits per heavy atom.